The number of ether oxygens (including phenoxy) is 1. The average Bonchev–Trinajstić information content (AvgIpc) is 2.86. The number of carbonyl (C=O) groups is 1. The van der Waals surface area contributed by atoms with E-state index in [-0.39, 0.29) is 12.1 Å². The molecule has 98 valence electrons. The van der Waals surface area contributed by atoms with Gasteiger partial charge in [-0.2, -0.15) is 0 Å². The highest BCUT2D eigenvalue weighted by atomic mass is 79.9. The molecule has 0 aliphatic carbocycles. The van der Waals surface area contributed by atoms with Crippen LogP contribution in [0.5, 0.6) is 0 Å². The quantitative estimate of drug-likeness (QED) is 0.799. The summed E-state index contributed by atoms with van der Waals surface area (Å²) in [5.41, 5.74) is 1.02. The van der Waals surface area contributed by atoms with E-state index in [0.29, 0.717) is 11.4 Å². The average molecular weight is 312 g/mol. The van der Waals surface area contributed by atoms with Crippen molar-refractivity contribution in [2.45, 2.75) is 37.2 Å². The highest BCUT2D eigenvalue weighted by Gasteiger charge is 2.32. The van der Waals surface area contributed by atoms with E-state index >= 15 is 0 Å². The van der Waals surface area contributed by atoms with E-state index in [1.165, 1.54) is 0 Å². The fourth-order valence-corrected chi connectivity index (χ4v) is 2.85. The minimum absolute atomic E-state index is 0.201. The summed E-state index contributed by atoms with van der Waals surface area (Å²) in [6.45, 7) is 3.22. The van der Waals surface area contributed by atoms with Crippen molar-refractivity contribution < 1.29 is 9.53 Å². The van der Waals surface area contributed by atoms with E-state index in [1.807, 2.05) is 35.2 Å². The van der Waals surface area contributed by atoms with Crippen LogP contribution in [-0.2, 0) is 11.3 Å². The van der Waals surface area contributed by atoms with Crippen LogP contribution in [0.25, 0.3) is 0 Å². The van der Waals surface area contributed by atoms with E-state index in [0.717, 1.165) is 24.9 Å². The monoisotopic (exact) mass is 311 g/mol. The van der Waals surface area contributed by atoms with Crippen LogP contribution in [0.2, 0.25) is 0 Å². The standard InChI is InChI=1S/C14H18BrNO2/c1-11(15)13-8-5-9-16(13)14(17)18-10-12-6-3-2-4-7-12/h2-4,6-7,11,13H,5,8-10H2,1H3/t11?,13-/m0/s1. The summed E-state index contributed by atoms with van der Waals surface area (Å²) in [5.74, 6) is 0. The van der Waals surface area contributed by atoms with Crippen molar-refractivity contribution in [1.82, 2.24) is 4.90 Å². The number of hydrogen-bond acceptors (Lipinski definition) is 2. The normalized spacial score (nSPS) is 20.8. The van der Waals surface area contributed by atoms with Crippen LogP contribution in [0.4, 0.5) is 4.79 Å². The molecule has 1 unspecified atom stereocenters. The van der Waals surface area contributed by atoms with Gasteiger partial charge < -0.3 is 9.64 Å². The molecule has 1 aromatic carbocycles. The number of rotatable bonds is 3. The number of likely N-dealkylation sites (tertiary alicyclic amines) is 1. The van der Waals surface area contributed by atoms with Crippen molar-refractivity contribution >= 4 is 22.0 Å². The Morgan fingerprint density at radius 2 is 2.22 bits per heavy atom. The van der Waals surface area contributed by atoms with Gasteiger partial charge >= 0.3 is 6.09 Å². The zero-order valence-corrected chi connectivity index (χ0v) is 12.1. The van der Waals surface area contributed by atoms with Gasteiger partial charge in [0.25, 0.3) is 0 Å². The molecular formula is C14H18BrNO2. The minimum atomic E-state index is -0.201. The molecule has 18 heavy (non-hydrogen) atoms. The molecule has 0 radical (unpaired) electrons. The Balaban J connectivity index is 1.88. The van der Waals surface area contributed by atoms with Crippen LogP contribution in [-0.4, -0.2) is 28.4 Å². The SMILES string of the molecule is CC(Br)[C@@H]1CCCN1C(=O)OCc1ccccc1. The lowest BCUT2D eigenvalue weighted by Gasteiger charge is -2.25. The maximum absolute atomic E-state index is 12.0. The van der Waals surface area contributed by atoms with Crippen LogP contribution in [0.15, 0.2) is 30.3 Å². The van der Waals surface area contributed by atoms with Gasteiger partial charge in [0, 0.05) is 17.4 Å². The number of carbonyl (C=O) groups excluding carboxylic acids is 1. The second-order valence-electron chi connectivity index (χ2n) is 4.62. The Kier molecular flexibility index (Phi) is 4.64. The molecule has 1 heterocycles. The summed E-state index contributed by atoms with van der Waals surface area (Å²) < 4.78 is 5.36. The highest BCUT2D eigenvalue weighted by Crippen LogP contribution is 2.25. The maximum atomic E-state index is 12.0. The molecule has 0 N–H and O–H groups in total. The zero-order valence-electron chi connectivity index (χ0n) is 10.5. The van der Waals surface area contributed by atoms with Crippen LogP contribution in [0, 0.1) is 0 Å². The molecule has 1 aromatic rings. The lowest BCUT2D eigenvalue weighted by molar-refractivity contribution is 0.0925. The molecule has 0 spiro atoms. The van der Waals surface area contributed by atoms with Gasteiger partial charge in [0.2, 0.25) is 0 Å². The molecule has 1 aliphatic rings. The predicted octanol–water partition coefficient (Wildman–Crippen LogP) is 3.57. The molecule has 0 aromatic heterocycles. The second kappa shape index (κ2) is 6.23. The minimum Gasteiger partial charge on any atom is -0.445 e. The van der Waals surface area contributed by atoms with Gasteiger partial charge in [-0.1, -0.05) is 53.2 Å². The molecule has 4 heteroatoms. The summed E-state index contributed by atoms with van der Waals surface area (Å²) in [5, 5.41) is 0. The van der Waals surface area contributed by atoms with Crippen LogP contribution in [0.3, 0.4) is 0 Å². The Hall–Kier alpha value is -1.03. The summed E-state index contributed by atoms with van der Waals surface area (Å²) >= 11 is 3.56. The molecule has 0 saturated carbocycles. The largest absolute Gasteiger partial charge is 0.445 e. The molecule has 1 fully saturated rings. The van der Waals surface area contributed by atoms with Crippen LogP contribution < -0.4 is 0 Å². The highest BCUT2D eigenvalue weighted by molar-refractivity contribution is 9.09. The van der Waals surface area contributed by atoms with Gasteiger partial charge in [0.1, 0.15) is 6.61 Å². The lowest BCUT2D eigenvalue weighted by atomic mass is 10.2. The van der Waals surface area contributed by atoms with Crippen molar-refractivity contribution in [3.8, 4) is 0 Å². The van der Waals surface area contributed by atoms with Crippen molar-refractivity contribution in [2.24, 2.45) is 0 Å². The van der Waals surface area contributed by atoms with Crippen molar-refractivity contribution in [3.63, 3.8) is 0 Å². The second-order valence-corrected chi connectivity index (χ2v) is 6.07. The van der Waals surface area contributed by atoms with Gasteiger partial charge in [-0.15, -0.1) is 0 Å². The van der Waals surface area contributed by atoms with Crippen molar-refractivity contribution in [2.75, 3.05) is 6.54 Å². The van der Waals surface area contributed by atoms with E-state index in [1.54, 1.807) is 0 Å². The molecule has 1 amide bonds. The molecule has 3 nitrogen and oxygen atoms in total. The Morgan fingerprint density at radius 3 is 2.89 bits per heavy atom. The first-order valence-electron chi connectivity index (χ1n) is 6.30. The summed E-state index contributed by atoms with van der Waals surface area (Å²) in [4.78, 5) is 14.2. The van der Waals surface area contributed by atoms with E-state index in [4.69, 9.17) is 4.74 Å². The van der Waals surface area contributed by atoms with Crippen LogP contribution in [0.1, 0.15) is 25.3 Å². The number of nitrogens with zero attached hydrogens (tertiary/aromatic N) is 1. The number of alkyl halides is 1. The van der Waals surface area contributed by atoms with Crippen molar-refractivity contribution in [1.29, 1.82) is 0 Å². The number of benzene rings is 1. The number of halogens is 1. The first-order chi connectivity index (χ1) is 8.68. The summed E-state index contributed by atoms with van der Waals surface area (Å²) in [7, 11) is 0. The number of hydrogen-bond donors (Lipinski definition) is 0. The van der Waals surface area contributed by atoms with Gasteiger partial charge in [-0.25, -0.2) is 4.79 Å². The fraction of sp³-hybridized carbons (Fsp3) is 0.500. The zero-order chi connectivity index (χ0) is 13.0. The van der Waals surface area contributed by atoms with Gasteiger partial charge in [-0.3, -0.25) is 0 Å². The molecule has 2 atom stereocenters. The molecule has 1 aliphatic heterocycles. The fourth-order valence-electron chi connectivity index (χ4n) is 2.30. The van der Waals surface area contributed by atoms with Gasteiger partial charge in [-0.05, 0) is 18.4 Å². The Morgan fingerprint density at radius 1 is 1.50 bits per heavy atom. The molecule has 2 rings (SSSR count). The Bertz CT molecular complexity index is 394. The van der Waals surface area contributed by atoms with Crippen LogP contribution >= 0.6 is 15.9 Å². The number of amides is 1. The predicted molar refractivity (Wildman–Crippen MR) is 74.7 cm³/mol. The smallest absolute Gasteiger partial charge is 0.410 e. The first kappa shape index (κ1) is 13.4. The maximum Gasteiger partial charge on any atom is 0.410 e. The first-order valence-corrected chi connectivity index (χ1v) is 7.21. The van der Waals surface area contributed by atoms with E-state index in [2.05, 4.69) is 22.9 Å². The third kappa shape index (κ3) is 3.25. The third-order valence-corrected chi connectivity index (χ3v) is 3.88. The topological polar surface area (TPSA) is 29.5 Å². The molecular weight excluding hydrogens is 294 g/mol. The Labute approximate surface area is 116 Å². The third-order valence-electron chi connectivity index (χ3n) is 3.27. The lowest BCUT2D eigenvalue weighted by Crippen LogP contribution is -2.39. The van der Waals surface area contributed by atoms with E-state index < -0.39 is 0 Å². The molecule has 1 saturated heterocycles. The van der Waals surface area contributed by atoms with Gasteiger partial charge in [0.15, 0.2) is 0 Å². The van der Waals surface area contributed by atoms with Crippen molar-refractivity contribution in [3.05, 3.63) is 35.9 Å². The summed E-state index contributed by atoms with van der Waals surface area (Å²) in [6, 6.07) is 10.0. The molecule has 0 bridgehead atoms. The summed E-state index contributed by atoms with van der Waals surface area (Å²) in [6.07, 6.45) is 1.90. The van der Waals surface area contributed by atoms with E-state index in [9.17, 15) is 4.79 Å². The van der Waals surface area contributed by atoms with Gasteiger partial charge in [0.05, 0.1) is 0 Å².